The van der Waals surface area contributed by atoms with E-state index in [9.17, 15) is 19.8 Å². The van der Waals surface area contributed by atoms with Gasteiger partial charge in [0.2, 0.25) is 5.91 Å². The Hall–Kier alpha value is -1.66. The fourth-order valence-electron chi connectivity index (χ4n) is 12.3. The van der Waals surface area contributed by atoms with E-state index in [1.165, 1.54) is 372 Å². The Bertz CT molecular complexity index is 1320. The van der Waals surface area contributed by atoms with Crippen molar-refractivity contribution in [2.75, 3.05) is 13.2 Å². The van der Waals surface area contributed by atoms with Crippen molar-refractivity contribution >= 4 is 11.9 Å². The van der Waals surface area contributed by atoms with Crippen molar-refractivity contribution in [2.24, 2.45) is 0 Å². The van der Waals surface area contributed by atoms with Crippen molar-refractivity contribution < 1.29 is 24.5 Å². The molecule has 0 fully saturated rings. The number of carbonyl (C=O) groups excluding carboxylic acids is 2. The number of aliphatic hydroxyl groups excluding tert-OH is 2. The first-order valence-corrected chi connectivity index (χ1v) is 38.6. The summed E-state index contributed by atoms with van der Waals surface area (Å²) in [5.41, 5.74) is 0. The molecule has 0 aromatic rings. The number of aliphatic hydroxyl groups is 2. The van der Waals surface area contributed by atoms with Crippen LogP contribution in [0.1, 0.15) is 438 Å². The van der Waals surface area contributed by atoms with Gasteiger partial charge in [-0.15, -0.1) is 0 Å². The smallest absolute Gasteiger partial charge is 0.305 e. The second-order valence-electron chi connectivity index (χ2n) is 26.7. The van der Waals surface area contributed by atoms with E-state index >= 15 is 0 Å². The number of esters is 1. The van der Waals surface area contributed by atoms with Crippen LogP contribution in [0.25, 0.3) is 0 Å². The average molecular weight is 1180 g/mol. The van der Waals surface area contributed by atoms with Crippen LogP contribution in [-0.4, -0.2) is 47.4 Å². The summed E-state index contributed by atoms with van der Waals surface area (Å²) in [4.78, 5) is 24.6. The summed E-state index contributed by atoms with van der Waals surface area (Å²) in [5, 5.41) is 23.2. The molecule has 0 aliphatic rings. The predicted octanol–water partition coefficient (Wildman–Crippen LogP) is 25.3. The van der Waals surface area contributed by atoms with Crippen molar-refractivity contribution in [1.29, 1.82) is 0 Å². The number of ether oxygens (including phenoxy) is 1. The highest BCUT2D eigenvalue weighted by Gasteiger charge is 2.18. The largest absolute Gasteiger partial charge is 0.466 e. The monoisotopic (exact) mass is 1180 g/mol. The Labute approximate surface area is 526 Å². The molecule has 0 aliphatic carbocycles. The molecule has 0 bridgehead atoms. The molecule has 0 saturated heterocycles. The fraction of sp³-hybridized carbons (Fsp3) is 0.923. The molecule has 3 N–H and O–H groups in total. The lowest BCUT2D eigenvalue weighted by molar-refractivity contribution is -0.143. The van der Waals surface area contributed by atoms with Crippen LogP contribution in [0.5, 0.6) is 0 Å². The summed E-state index contributed by atoms with van der Waals surface area (Å²) in [5.74, 6) is -0.0361. The number of hydrogen-bond acceptors (Lipinski definition) is 5. The van der Waals surface area contributed by atoms with Crippen molar-refractivity contribution in [1.82, 2.24) is 5.32 Å². The van der Waals surface area contributed by atoms with Gasteiger partial charge in [0, 0.05) is 12.8 Å². The van der Waals surface area contributed by atoms with Crippen molar-refractivity contribution in [2.45, 2.75) is 450 Å². The Balaban J connectivity index is 3.32. The fourth-order valence-corrected chi connectivity index (χ4v) is 12.3. The van der Waals surface area contributed by atoms with Gasteiger partial charge in [-0.05, 0) is 57.8 Å². The molecule has 2 unspecified atom stereocenters. The van der Waals surface area contributed by atoms with Gasteiger partial charge in [0.05, 0.1) is 25.4 Å². The number of unbranched alkanes of at least 4 members (excludes halogenated alkanes) is 60. The van der Waals surface area contributed by atoms with Crippen LogP contribution in [0, 0.1) is 0 Å². The van der Waals surface area contributed by atoms with Crippen molar-refractivity contribution in [3.05, 3.63) is 24.3 Å². The number of nitrogens with one attached hydrogen (secondary N) is 1. The van der Waals surface area contributed by atoms with Crippen LogP contribution >= 0.6 is 0 Å². The van der Waals surface area contributed by atoms with Crippen molar-refractivity contribution in [3.8, 4) is 0 Å². The summed E-state index contributed by atoms with van der Waals surface area (Å²) in [6.07, 6.45) is 94.5. The van der Waals surface area contributed by atoms with E-state index < -0.39 is 12.1 Å². The minimum atomic E-state index is -0.841. The minimum absolute atomic E-state index is 0.0246. The Morgan fingerprint density at radius 2 is 0.560 bits per heavy atom. The third-order valence-corrected chi connectivity index (χ3v) is 18.2. The Morgan fingerprint density at radius 3 is 0.845 bits per heavy atom. The zero-order valence-corrected chi connectivity index (χ0v) is 57.2. The quantitative estimate of drug-likeness (QED) is 0.0320. The van der Waals surface area contributed by atoms with Gasteiger partial charge in [0.15, 0.2) is 0 Å². The summed E-state index contributed by atoms with van der Waals surface area (Å²) in [6.45, 7) is 4.95. The molecule has 0 aromatic carbocycles. The standard InChI is InChI=1S/C78H151NO5/c1-3-5-7-9-11-13-15-17-43-47-50-54-58-62-66-70-76(81)75(74-80)79-77(82)71-67-63-59-55-51-48-44-41-39-37-35-33-31-29-27-25-23-21-19-18-20-22-24-26-28-30-32-34-36-38-40-42-45-49-53-57-61-65-69-73-84-78(83)72-68-64-60-56-52-46-16-14-12-10-8-6-4-2/h18-19,66,70,75-76,80-81H,3-17,20-65,67-69,71-74H2,1-2H3,(H,79,82)/b19-18-,70-66+. The van der Waals surface area contributed by atoms with Gasteiger partial charge in [0.1, 0.15) is 0 Å². The first kappa shape index (κ1) is 82.3. The molecule has 498 valence electrons. The number of hydrogen-bond donors (Lipinski definition) is 3. The first-order chi connectivity index (χ1) is 41.5. The van der Waals surface area contributed by atoms with Gasteiger partial charge < -0.3 is 20.3 Å². The molecular formula is C78H151NO5. The molecule has 0 heterocycles. The van der Waals surface area contributed by atoms with Crippen LogP contribution in [-0.2, 0) is 14.3 Å². The zero-order chi connectivity index (χ0) is 60.6. The third-order valence-electron chi connectivity index (χ3n) is 18.2. The van der Waals surface area contributed by atoms with E-state index in [0.29, 0.717) is 19.4 Å². The molecule has 1 amide bonds. The molecule has 0 rings (SSSR count). The Morgan fingerprint density at radius 1 is 0.321 bits per heavy atom. The molecule has 0 aromatic heterocycles. The lowest BCUT2D eigenvalue weighted by Crippen LogP contribution is -2.45. The maximum atomic E-state index is 12.5. The second-order valence-corrected chi connectivity index (χ2v) is 26.7. The highest BCUT2D eigenvalue weighted by Crippen LogP contribution is 2.20. The van der Waals surface area contributed by atoms with E-state index in [4.69, 9.17) is 4.74 Å². The lowest BCUT2D eigenvalue weighted by atomic mass is 10.0. The molecule has 0 spiro atoms. The van der Waals surface area contributed by atoms with E-state index in [1.54, 1.807) is 6.08 Å². The summed E-state index contributed by atoms with van der Waals surface area (Å²) >= 11 is 0. The summed E-state index contributed by atoms with van der Waals surface area (Å²) in [7, 11) is 0. The highest BCUT2D eigenvalue weighted by atomic mass is 16.5. The maximum absolute atomic E-state index is 12.5. The molecule has 84 heavy (non-hydrogen) atoms. The molecule has 6 nitrogen and oxygen atoms in total. The van der Waals surface area contributed by atoms with Gasteiger partial charge in [-0.25, -0.2) is 0 Å². The van der Waals surface area contributed by atoms with Crippen molar-refractivity contribution in [3.63, 3.8) is 0 Å². The summed E-state index contributed by atoms with van der Waals surface area (Å²) < 4.78 is 5.50. The minimum Gasteiger partial charge on any atom is -0.466 e. The van der Waals surface area contributed by atoms with E-state index in [-0.39, 0.29) is 18.5 Å². The normalized spacial score (nSPS) is 12.6. The van der Waals surface area contributed by atoms with Gasteiger partial charge >= 0.3 is 5.97 Å². The zero-order valence-electron chi connectivity index (χ0n) is 57.2. The average Bonchev–Trinajstić information content (AvgIpc) is 3.51. The third kappa shape index (κ3) is 69.4. The molecule has 0 aliphatic heterocycles. The number of rotatable bonds is 73. The van der Waals surface area contributed by atoms with Crippen LogP contribution in [0.15, 0.2) is 24.3 Å². The Kier molecular flexibility index (Phi) is 72.3. The second kappa shape index (κ2) is 73.8. The molecule has 0 saturated carbocycles. The molecule has 0 radical (unpaired) electrons. The number of carbonyl (C=O) groups is 2. The maximum Gasteiger partial charge on any atom is 0.305 e. The van der Waals surface area contributed by atoms with Crippen LogP contribution < -0.4 is 5.32 Å². The predicted molar refractivity (Wildman–Crippen MR) is 370 cm³/mol. The van der Waals surface area contributed by atoms with Crippen LogP contribution in [0.3, 0.4) is 0 Å². The molecule has 2 atom stereocenters. The van der Waals surface area contributed by atoms with E-state index in [2.05, 4.69) is 31.3 Å². The summed E-state index contributed by atoms with van der Waals surface area (Å²) in [6, 6.07) is -0.624. The first-order valence-electron chi connectivity index (χ1n) is 38.6. The van der Waals surface area contributed by atoms with E-state index in [1.807, 2.05) is 6.08 Å². The highest BCUT2D eigenvalue weighted by molar-refractivity contribution is 5.76. The van der Waals surface area contributed by atoms with Gasteiger partial charge in [-0.3, -0.25) is 9.59 Å². The topological polar surface area (TPSA) is 95.9 Å². The van der Waals surface area contributed by atoms with Crippen LogP contribution in [0.4, 0.5) is 0 Å². The van der Waals surface area contributed by atoms with Gasteiger partial charge in [0.25, 0.3) is 0 Å². The molecular weight excluding hydrogens is 1030 g/mol. The van der Waals surface area contributed by atoms with Gasteiger partial charge in [-0.1, -0.05) is 391 Å². The van der Waals surface area contributed by atoms with Crippen LogP contribution in [0.2, 0.25) is 0 Å². The van der Waals surface area contributed by atoms with E-state index in [0.717, 1.165) is 38.5 Å². The lowest BCUT2D eigenvalue weighted by Gasteiger charge is -2.20. The number of amides is 1. The van der Waals surface area contributed by atoms with Gasteiger partial charge in [-0.2, -0.15) is 0 Å². The SMILES string of the molecule is CCCCCCCCCCCCCCC/C=C/C(O)C(CO)NC(=O)CCCCCCCCCCCCCCCCCCC/C=C\CCCCCCCCCCCCCCCCCCCCOC(=O)CCCCCCCCCCCCCCC. The number of allylic oxidation sites excluding steroid dienone is 3. The molecule has 6 heteroatoms.